The Kier molecular flexibility index (Phi) is 7.29. The Morgan fingerprint density at radius 2 is 1.97 bits per heavy atom. The zero-order chi connectivity index (χ0) is 21.9. The molecular weight excluding hydrogens is 424 g/mol. The van der Waals surface area contributed by atoms with E-state index < -0.39 is 17.0 Å². The van der Waals surface area contributed by atoms with E-state index in [-0.39, 0.29) is 12.1 Å². The van der Waals surface area contributed by atoms with Crippen molar-refractivity contribution in [3.05, 3.63) is 59.1 Å². The average molecular weight is 453 g/mol. The molecule has 0 radical (unpaired) electrons. The summed E-state index contributed by atoms with van der Waals surface area (Å²) in [6.07, 6.45) is 0.374. The Labute approximate surface area is 185 Å². The second-order valence-electron chi connectivity index (χ2n) is 8.22. The molecule has 30 heavy (non-hydrogen) atoms. The molecule has 0 spiro atoms. The van der Waals surface area contributed by atoms with E-state index in [1.165, 1.54) is 16.9 Å². The van der Waals surface area contributed by atoms with Gasteiger partial charge in [-0.15, -0.1) is 0 Å². The standard InChI is InChI=1S/C22H29ClN2O4S/c1-22(2)21(16-5-4-6-17(23)13-16)11-12-25(22)14-19(26)15-29-20-9-7-18(8-10-20)24(3)30(27)28/h4-10,13,19,21,26,30H,11-12,14-15H2,1-3H3/t19-,21+/m1/s1. The first kappa shape index (κ1) is 22.9. The van der Waals surface area contributed by atoms with Crippen LogP contribution >= 0.6 is 11.6 Å². The van der Waals surface area contributed by atoms with Gasteiger partial charge in [0.25, 0.3) is 0 Å². The number of hydrogen-bond donors (Lipinski definition) is 2. The number of ether oxygens (including phenoxy) is 1. The van der Waals surface area contributed by atoms with Crippen molar-refractivity contribution < 1.29 is 18.3 Å². The highest BCUT2D eigenvalue weighted by Crippen LogP contribution is 2.42. The summed E-state index contributed by atoms with van der Waals surface area (Å²) in [6.45, 7) is 5.99. The molecule has 0 bridgehead atoms. The van der Waals surface area contributed by atoms with E-state index >= 15 is 0 Å². The highest BCUT2D eigenvalue weighted by Gasteiger charge is 2.42. The number of nitrogens with zero attached hydrogens (tertiary/aromatic N) is 2. The Balaban J connectivity index is 1.55. The van der Waals surface area contributed by atoms with Crippen molar-refractivity contribution in [3.8, 4) is 5.75 Å². The first-order chi connectivity index (χ1) is 14.2. The van der Waals surface area contributed by atoms with Gasteiger partial charge in [-0.25, -0.2) is 8.42 Å². The van der Waals surface area contributed by atoms with Crippen molar-refractivity contribution in [2.45, 2.75) is 37.8 Å². The fraction of sp³-hybridized carbons (Fsp3) is 0.455. The Morgan fingerprint density at radius 3 is 2.60 bits per heavy atom. The van der Waals surface area contributed by atoms with Crippen LogP contribution in [0.4, 0.5) is 5.69 Å². The lowest BCUT2D eigenvalue weighted by Crippen LogP contribution is -2.46. The van der Waals surface area contributed by atoms with Crippen molar-refractivity contribution in [1.82, 2.24) is 4.90 Å². The zero-order valence-electron chi connectivity index (χ0n) is 17.5. The van der Waals surface area contributed by atoms with Crippen LogP contribution in [0.5, 0.6) is 5.75 Å². The van der Waals surface area contributed by atoms with Gasteiger partial charge in [0.1, 0.15) is 18.5 Å². The molecule has 164 valence electrons. The summed E-state index contributed by atoms with van der Waals surface area (Å²) in [6, 6.07) is 14.8. The molecule has 0 amide bonds. The van der Waals surface area contributed by atoms with Crippen LogP contribution in [0.25, 0.3) is 0 Å². The fourth-order valence-electron chi connectivity index (χ4n) is 4.12. The van der Waals surface area contributed by atoms with Gasteiger partial charge >= 0.3 is 0 Å². The quantitative estimate of drug-likeness (QED) is 0.601. The minimum absolute atomic E-state index is 0.104. The van der Waals surface area contributed by atoms with Crippen molar-refractivity contribution in [2.75, 3.05) is 31.0 Å². The van der Waals surface area contributed by atoms with Gasteiger partial charge in [-0.1, -0.05) is 23.7 Å². The van der Waals surface area contributed by atoms with Gasteiger partial charge < -0.3 is 9.84 Å². The Morgan fingerprint density at radius 1 is 1.27 bits per heavy atom. The Hall–Kier alpha value is -1.80. The molecule has 0 unspecified atom stereocenters. The summed E-state index contributed by atoms with van der Waals surface area (Å²) in [5.41, 5.74) is 1.68. The number of halogens is 1. The number of rotatable bonds is 8. The van der Waals surface area contributed by atoms with Crippen LogP contribution in [-0.4, -0.2) is 56.8 Å². The summed E-state index contributed by atoms with van der Waals surface area (Å²) in [4.78, 5) is 2.30. The molecule has 1 aliphatic rings. The van der Waals surface area contributed by atoms with Gasteiger partial charge in [-0.05, 0) is 68.8 Å². The molecule has 0 aromatic heterocycles. The van der Waals surface area contributed by atoms with Crippen LogP contribution in [0.1, 0.15) is 31.7 Å². The molecule has 0 saturated carbocycles. The summed E-state index contributed by atoms with van der Waals surface area (Å²) in [7, 11) is -1.18. The second-order valence-corrected chi connectivity index (χ2v) is 9.73. The maximum absolute atomic E-state index is 11.0. The SMILES string of the molecule is CN(c1ccc(OC[C@H](O)CN2CC[C@@H](c3cccc(Cl)c3)C2(C)C)cc1)[SH](=O)=O. The number of thiol groups is 1. The van der Waals surface area contributed by atoms with Gasteiger partial charge in [-0.2, -0.15) is 0 Å². The zero-order valence-corrected chi connectivity index (χ0v) is 19.1. The van der Waals surface area contributed by atoms with Crippen molar-refractivity contribution in [1.29, 1.82) is 0 Å². The van der Waals surface area contributed by atoms with Crippen LogP contribution in [-0.2, 0) is 10.9 Å². The number of hydrogen-bond acceptors (Lipinski definition) is 5. The number of likely N-dealkylation sites (tertiary alicyclic amines) is 1. The first-order valence-electron chi connectivity index (χ1n) is 9.98. The number of benzene rings is 2. The van der Waals surface area contributed by atoms with Crippen molar-refractivity contribution >= 4 is 28.2 Å². The lowest BCUT2D eigenvalue weighted by molar-refractivity contribution is 0.0433. The number of aliphatic hydroxyl groups is 1. The molecular formula is C22H29ClN2O4S. The van der Waals surface area contributed by atoms with E-state index in [2.05, 4.69) is 24.8 Å². The number of β-amino-alcohol motifs (C(OH)–C–C–N with tert-alkyl or cyclic N) is 1. The minimum atomic E-state index is -2.67. The molecule has 2 atom stereocenters. The molecule has 8 heteroatoms. The maximum atomic E-state index is 11.0. The maximum Gasteiger partial charge on any atom is 0.224 e. The predicted octanol–water partition coefficient (Wildman–Crippen LogP) is 3.31. The molecule has 0 aliphatic carbocycles. The van der Waals surface area contributed by atoms with E-state index in [0.29, 0.717) is 23.9 Å². The van der Waals surface area contributed by atoms with Gasteiger partial charge in [0, 0.05) is 30.1 Å². The Bertz CT molecular complexity index is 925. The van der Waals surface area contributed by atoms with Crippen molar-refractivity contribution in [2.24, 2.45) is 0 Å². The smallest absolute Gasteiger partial charge is 0.224 e. The van der Waals surface area contributed by atoms with Gasteiger partial charge in [0.15, 0.2) is 0 Å². The summed E-state index contributed by atoms with van der Waals surface area (Å²) < 4.78 is 28.9. The molecule has 3 rings (SSSR count). The van der Waals surface area contributed by atoms with E-state index in [1.54, 1.807) is 24.3 Å². The van der Waals surface area contributed by atoms with Crippen LogP contribution in [0.15, 0.2) is 48.5 Å². The monoisotopic (exact) mass is 452 g/mol. The summed E-state index contributed by atoms with van der Waals surface area (Å²) in [5.74, 6) is 0.936. The third-order valence-corrected chi connectivity index (χ3v) is 6.89. The summed E-state index contributed by atoms with van der Waals surface area (Å²) in [5, 5.41) is 11.3. The van der Waals surface area contributed by atoms with E-state index in [9.17, 15) is 13.5 Å². The van der Waals surface area contributed by atoms with Crippen LogP contribution < -0.4 is 9.04 Å². The minimum Gasteiger partial charge on any atom is -0.491 e. The first-order valence-corrected chi connectivity index (χ1v) is 11.5. The fourth-order valence-corrected chi connectivity index (χ4v) is 4.64. The van der Waals surface area contributed by atoms with E-state index in [0.717, 1.165) is 18.0 Å². The number of anilines is 1. The molecule has 1 N–H and O–H groups in total. The summed E-state index contributed by atoms with van der Waals surface area (Å²) >= 11 is 6.18. The van der Waals surface area contributed by atoms with Crippen LogP contribution in [0.3, 0.4) is 0 Å². The topological polar surface area (TPSA) is 70.1 Å². The van der Waals surface area contributed by atoms with Crippen LogP contribution in [0.2, 0.25) is 5.02 Å². The molecule has 2 aromatic carbocycles. The normalized spacial score (nSPS) is 19.7. The average Bonchev–Trinajstić information content (AvgIpc) is 3.00. The lowest BCUT2D eigenvalue weighted by atomic mass is 9.82. The second kappa shape index (κ2) is 9.56. The largest absolute Gasteiger partial charge is 0.491 e. The lowest BCUT2D eigenvalue weighted by Gasteiger charge is -2.37. The van der Waals surface area contributed by atoms with Gasteiger partial charge in [0.05, 0.1) is 5.69 Å². The van der Waals surface area contributed by atoms with E-state index in [4.69, 9.17) is 16.3 Å². The molecule has 1 fully saturated rings. The van der Waals surface area contributed by atoms with E-state index in [1.807, 2.05) is 18.2 Å². The molecule has 1 heterocycles. The van der Waals surface area contributed by atoms with Gasteiger partial charge in [-0.3, -0.25) is 9.21 Å². The van der Waals surface area contributed by atoms with Crippen LogP contribution in [0, 0.1) is 0 Å². The highest BCUT2D eigenvalue weighted by molar-refractivity contribution is 7.74. The molecule has 2 aromatic rings. The highest BCUT2D eigenvalue weighted by atomic mass is 35.5. The number of aliphatic hydroxyl groups excluding tert-OH is 1. The molecule has 1 saturated heterocycles. The van der Waals surface area contributed by atoms with Crippen molar-refractivity contribution in [3.63, 3.8) is 0 Å². The third-order valence-electron chi connectivity index (χ3n) is 5.94. The third kappa shape index (κ3) is 5.27. The van der Waals surface area contributed by atoms with Gasteiger partial charge in [0.2, 0.25) is 10.9 Å². The molecule has 6 nitrogen and oxygen atoms in total. The molecule has 1 aliphatic heterocycles. The predicted molar refractivity (Wildman–Crippen MR) is 121 cm³/mol.